The van der Waals surface area contributed by atoms with Gasteiger partial charge in [0.15, 0.2) is 0 Å². The van der Waals surface area contributed by atoms with Crippen LogP contribution in [-0.2, 0) is 12.8 Å². The van der Waals surface area contributed by atoms with E-state index in [1.54, 1.807) is 5.56 Å². The zero-order valence-electron chi connectivity index (χ0n) is 26.3. The van der Waals surface area contributed by atoms with Crippen LogP contribution in [0.5, 0.6) is 5.75 Å². The summed E-state index contributed by atoms with van der Waals surface area (Å²) in [5.41, 5.74) is 7.41. The van der Waals surface area contributed by atoms with Gasteiger partial charge in [0.2, 0.25) is 0 Å². The van der Waals surface area contributed by atoms with Crippen molar-refractivity contribution in [3.8, 4) is 16.9 Å². The first kappa shape index (κ1) is 30.2. The van der Waals surface area contributed by atoms with Crippen LogP contribution >= 0.6 is 0 Å². The van der Waals surface area contributed by atoms with Gasteiger partial charge < -0.3 is 4.74 Å². The summed E-state index contributed by atoms with van der Waals surface area (Å²) < 4.78 is 6.56. The predicted molar refractivity (Wildman–Crippen MR) is 170 cm³/mol. The molecule has 2 aromatic rings. The lowest BCUT2D eigenvalue weighted by Gasteiger charge is -2.37. The second-order valence-corrected chi connectivity index (χ2v) is 13.2. The summed E-state index contributed by atoms with van der Waals surface area (Å²) in [6.07, 6.45) is 18.5. The Morgan fingerprint density at radius 1 is 0.667 bits per heavy atom. The fourth-order valence-corrected chi connectivity index (χ4v) is 7.91. The van der Waals surface area contributed by atoms with Gasteiger partial charge in [-0.1, -0.05) is 97.9 Å². The van der Waals surface area contributed by atoms with Crippen LogP contribution in [0, 0.1) is 23.2 Å². The van der Waals surface area contributed by atoms with E-state index in [1.165, 1.54) is 92.9 Å². The van der Waals surface area contributed by atoms with Gasteiger partial charge in [-0.25, -0.2) is 0 Å². The van der Waals surface area contributed by atoms with Gasteiger partial charge >= 0.3 is 0 Å². The van der Waals surface area contributed by atoms with Crippen molar-refractivity contribution in [2.75, 3.05) is 6.61 Å². The predicted octanol–water partition coefficient (Wildman–Crippen LogP) is 11.6. The minimum Gasteiger partial charge on any atom is -0.493 e. The minimum absolute atomic E-state index is 0.425. The molecule has 2 aliphatic carbocycles. The third-order valence-electron chi connectivity index (χ3n) is 11.3. The highest BCUT2D eigenvalue weighted by Gasteiger charge is 2.30. The fourth-order valence-electron chi connectivity index (χ4n) is 7.91. The molecule has 0 atom stereocenters. The largest absolute Gasteiger partial charge is 0.493 e. The number of hydrogen-bond donors (Lipinski definition) is 0. The Morgan fingerprint density at radius 3 is 1.67 bits per heavy atom. The van der Waals surface area contributed by atoms with Crippen molar-refractivity contribution >= 4 is 0 Å². The van der Waals surface area contributed by atoms with Crippen LogP contribution < -0.4 is 4.74 Å². The first-order valence-electron chi connectivity index (χ1n) is 16.8. The summed E-state index contributed by atoms with van der Waals surface area (Å²) in [5, 5.41) is 0. The second-order valence-electron chi connectivity index (χ2n) is 13.2. The third kappa shape index (κ3) is 7.31. The molecule has 0 N–H and O–H groups in total. The van der Waals surface area contributed by atoms with Gasteiger partial charge in [0.25, 0.3) is 0 Å². The monoisotopic (exact) mass is 530 g/mol. The second kappa shape index (κ2) is 14.2. The van der Waals surface area contributed by atoms with Crippen molar-refractivity contribution in [2.45, 2.75) is 137 Å². The fraction of sp³-hybridized carbons (Fsp3) is 0.684. The van der Waals surface area contributed by atoms with Crippen molar-refractivity contribution in [2.24, 2.45) is 23.2 Å². The van der Waals surface area contributed by atoms with E-state index in [2.05, 4.69) is 77.9 Å². The van der Waals surface area contributed by atoms with Crippen LogP contribution in [0.15, 0.2) is 36.4 Å². The standard InChI is InChI=1S/C38H58O/c1-7-29-26-36(27-30(8-2)37(29)39-25-24-38(9-3,10-4)11-5)35-22-20-34(21-23-35)33-18-16-32(17-19-33)31-14-12-28(6)13-15-31/h20-23,26-28,31-33H,7-19,24-25H2,1-6H3. The first-order valence-corrected chi connectivity index (χ1v) is 16.8. The van der Waals surface area contributed by atoms with E-state index in [4.69, 9.17) is 4.74 Å². The van der Waals surface area contributed by atoms with Crippen LogP contribution in [0.4, 0.5) is 0 Å². The Labute approximate surface area is 241 Å². The molecular formula is C38H58O. The van der Waals surface area contributed by atoms with Gasteiger partial charge in [0.05, 0.1) is 6.61 Å². The molecule has 0 heterocycles. The van der Waals surface area contributed by atoms with Gasteiger partial charge in [-0.15, -0.1) is 0 Å². The van der Waals surface area contributed by atoms with Crippen molar-refractivity contribution in [1.82, 2.24) is 0 Å². The molecule has 2 fully saturated rings. The van der Waals surface area contributed by atoms with Crippen LogP contribution in [0.25, 0.3) is 11.1 Å². The van der Waals surface area contributed by atoms with Gasteiger partial charge in [-0.05, 0) is 127 Å². The molecule has 216 valence electrons. The van der Waals surface area contributed by atoms with Gasteiger partial charge in [-0.2, -0.15) is 0 Å². The molecular weight excluding hydrogens is 472 g/mol. The van der Waals surface area contributed by atoms with E-state index < -0.39 is 0 Å². The van der Waals surface area contributed by atoms with E-state index >= 15 is 0 Å². The minimum atomic E-state index is 0.425. The summed E-state index contributed by atoms with van der Waals surface area (Å²) in [4.78, 5) is 0. The number of aryl methyl sites for hydroxylation is 2. The molecule has 0 amide bonds. The summed E-state index contributed by atoms with van der Waals surface area (Å²) in [5.74, 6) is 4.89. The molecule has 2 saturated carbocycles. The highest BCUT2D eigenvalue weighted by molar-refractivity contribution is 5.68. The lowest BCUT2D eigenvalue weighted by atomic mass is 9.68. The summed E-state index contributed by atoms with van der Waals surface area (Å²) in [6.45, 7) is 14.8. The Morgan fingerprint density at radius 2 is 1.18 bits per heavy atom. The maximum absolute atomic E-state index is 6.56. The number of ether oxygens (including phenoxy) is 1. The van der Waals surface area contributed by atoms with E-state index in [9.17, 15) is 0 Å². The molecule has 0 bridgehead atoms. The number of rotatable bonds is 12. The molecule has 0 radical (unpaired) electrons. The van der Waals surface area contributed by atoms with Gasteiger partial charge in [-0.3, -0.25) is 0 Å². The van der Waals surface area contributed by atoms with Crippen LogP contribution in [0.2, 0.25) is 0 Å². The lowest BCUT2D eigenvalue weighted by molar-refractivity contribution is 0.165. The molecule has 0 spiro atoms. The van der Waals surface area contributed by atoms with Crippen molar-refractivity contribution in [3.63, 3.8) is 0 Å². The third-order valence-corrected chi connectivity index (χ3v) is 11.3. The van der Waals surface area contributed by atoms with E-state index in [0.717, 1.165) is 55.3 Å². The first-order chi connectivity index (χ1) is 19.0. The van der Waals surface area contributed by atoms with E-state index in [-0.39, 0.29) is 0 Å². The number of benzene rings is 2. The summed E-state index contributed by atoms with van der Waals surface area (Å²) in [7, 11) is 0. The molecule has 0 unspecified atom stereocenters. The van der Waals surface area contributed by atoms with E-state index in [1.807, 2.05) is 0 Å². The molecule has 0 aromatic heterocycles. The average molecular weight is 531 g/mol. The normalized spacial score (nSPS) is 24.1. The van der Waals surface area contributed by atoms with Crippen molar-refractivity contribution < 1.29 is 4.74 Å². The van der Waals surface area contributed by atoms with Crippen molar-refractivity contribution in [1.29, 1.82) is 0 Å². The Bertz CT molecular complexity index is 964. The smallest absolute Gasteiger partial charge is 0.125 e. The maximum atomic E-state index is 6.56. The molecule has 0 saturated heterocycles. The highest BCUT2D eigenvalue weighted by Crippen LogP contribution is 2.44. The van der Waals surface area contributed by atoms with Crippen LogP contribution in [0.1, 0.15) is 141 Å². The van der Waals surface area contributed by atoms with Gasteiger partial charge in [0.1, 0.15) is 5.75 Å². The average Bonchev–Trinajstić information content (AvgIpc) is 3.00. The van der Waals surface area contributed by atoms with Crippen LogP contribution in [0.3, 0.4) is 0 Å². The molecule has 2 aliphatic rings. The van der Waals surface area contributed by atoms with Crippen molar-refractivity contribution in [3.05, 3.63) is 53.1 Å². The molecule has 1 heteroatoms. The molecule has 0 aliphatic heterocycles. The molecule has 1 nitrogen and oxygen atoms in total. The van der Waals surface area contributed by atoms with Crippen LogP contribution in [-0.4, -0.2) is 6.61 Å². The lowest BCUT2D eigenvalue weighted by Crippen LogP contribution is -2.24. The zero-order valence-corrected chi connectivity index (χ0v) is 26.3. The SMILES string of the molecule is CCc1cc(-c2ccc(C3CCC(C4CCC(C)CC4)CC3)cc2)cc(CC)c1OCCC(CC)(CC)CC. The van der Waals surface area contributed by atoms with E-state index in [0.29, 0.717) is 5.41 Å². The zero-order chi connectivity index (χ0) is 27.8. The quantitative estimate of drug-likeness (QED) is 0.265. The maximum Gasteiger partial charge on any atom is 0.125 e. The Hall–Kier alpha value is -1.76. The Balaban J connectivity index is 1.41. The molecule has 4 rings (SSSR count). The Kier molecular flexibility index (Phi) is 11.0. The molecule has 2 aromatic carbocycles. The molecule has 39 heavy (non-hydrogen) atoms. The summed E-state index contributed by atoms with van der Waals surface area (Å²) in [6, 6.07) is 14.4. The highest BCUT2D eigenvalue weighted by atomic mass is 16.5. The van der Waals surface area contributed by atoms with Gasteiger partial charge in [0, 0.05) is 0 Å². The topological polar surface area (TPSA) is 9.23 Å². The number of hydrogen-bond acceptors (Lipinski definition) is 1. The summed E-state index contributed by atoms with van der Waals surface area (Å²) >= 11 is 0.